The number of hydrogen-bond donors (Lipinski definition) is 1. The summed E-state index contributed by atoms with van der Waals surface area (Å²) in [7, 11) is 3.40. The number of carbonyl (C=O) groups excluding carboxylic acids is 2. The van der Waals surface area contributed by atoms with E-state index in [2.05, 4.69) is 5.32 Å². The molecular weight excluding hydrogens is 483 g/mol. The van der Waals surface area contributed by atoms with E-state index in [1.165, 1.54) is 4.90 Å². The Kier molecular flexibility index (Phi) is 8.29. The number of fused-ring (bicyclic) bond motifs is 1. The molecule has 1 unspecified atom stereocenters. The van der Waals surface area contributed by atoms with Crippen LogP contribution in [0.4, 0.5) is 5.69 Å². The van der Waals surface area contributed by atoms with Crippen LogP contribution in [0.25, 0.3) is 0 Å². The summed E-state index contributed by atoms with van der Waals surface area (Å²) in [5, 5.41) is 4.29. The van der Waals surface area contributed by atoms with Gasteiger partial charge in [-0.2, -0.15) is 0 Å². The van der Waals surface area contributed by atoms with Gasteiger partial charge in [-0.15, -0.1) is 0 Å². The molecule has 1 N–H and O–H groups in total. The van der Waals surface area contributed by atoms with Crippen LogP contribution in [-0.2, 0) is 14.3 Å². The highest BCUT2D eigenvalue weighted by atomic mass is 35.5. The van der Waals surface area contributed by atoms with Crippen LogP contribution in [0, 0.1) is 0 Å². The molecule has 1 amide bonds. The lowest BCUT2D eigenvalue weighted by atomic mass is 10.00. The number of halogens is 2. The van der Waals surface area contributed by atoms with Crippen molar-refractivity contribution in [3.63, 3.8) is 0 Å². The minimum atomic E-state index is -1.01. The first-order valence-electron chi connectivity index (χ1n) is 10.3. The van der Waals surface area contributed by atoms with E-state index in [1.54, 1.807) is 50.2 Å². The lowest BCUT2D eigenvalue weighted by Crippen LogP contribution is -2.50. The van der Waals surface area contributed by atoms with Crippen LogP contribution in [0.2, 0.25) is 10.0 Å². The van der Waals surface area contributed by atoms with Crippen molar-refractivity contribution >= 4 is 63.8 Å². The lowest BCUT2D eigenvalue weighted by molar-refractivity contribution is -0.143. The zero-order chi connectivity index (χ0) is 24.1. The number of nitrogens with one attached hydrogen (secondary N) is 1. The van der Waals surface area contributed by atoms with E-state index in [0.717, 1.165) is 0 Å². The molecule has 10 heteroatoms. The monoisotopic (exact) mass is 506 g/mol. The zero-order valence-electron chi connectivity index (χ0n) is 18.5. The predicted molar refractivity (Wildman–Crippen MR) is 135 cm³/mol. The molecule has 0 fully saturated rings. The molecule has 1 atom stereocenters. The standard InChI is InChI=1S/C23H24Cl2N4O3S/c1-4-32-19(30)11-12-28(2)23(33)27-21-22(31)29(3)18-10-9-14(24)13-16(18)20(26-21)15-7-5-6-8-17(15)25/h5-10,13,21H,4,11-12H2,1-3H3,(H,27,33). The average molecular weight is 507 g/mol. The number of amides is 1. The van der Waals surface area contributed by atoms with Crippen LogP contribution < -0.4 is 10.2 Å². The summed E-state index contributed by atoms with van der Waals surface area (Å²) in [4.78, 5) is 32.9. The van der Waals surface area contributed by atoms with Crippen LogP contribution in [0.5, 0.6) is 0 Å². The molecule has 0 aliphatic carbocycles. The van der Waals surface area contributed by atoms with E-state index in [0.29, 0.717) is 45.7 Å². The third-order valence-electron chi connectivity index (χ3n) is 5.09. The Hall–Kier alpha value is -2.68. The molecule has 0 spiro atoms. The van der Waals surface area contributed by atoms with Gasteiger partial charge in [0.1, 0.15) is 0 Å². The largest absolute Gasteiger partial charge is 0.466 e. The zero-order valence-corrected chi connectivity index (χ0v) is 20.8. The third-order valence-corrected chi connectivity index (χ3v) is 6.08. The second-order valence-electron chi connectivity index (χ2n) is 7.34. The maximum absolute atomic E-state index is 13.3. The smallest absolute Gasteiger partial charge is 0.307 e. The summed E-state index contributed by atoms with van der Waals surface area (Å²) < 4.78 is 4.95. The summed E-state index contributed by atoms with van der Waals surface area (Å²) in [6, 6.07) is 12.5. The number of benzodiazepines with no additional fused rings is 1. The van der Waals surface area contributed by atoms with E-state index in [4.69, 9.17) is 45.1 Å². The quantitative estimate of drug-likeness (QED) is 0.473. The number of carbonyl (C=O) groups is 2. The third kappa shape index (κ3) is 5.82. The topological polar surface area (TPSA) is 74.2 Å². The van der Waals surface area contributed by atoms with Gasteiger partial charge in [-0.05, 0) is 43.4 Å². The van der Waals surface area contributed by atoms with Crippen molar-refractivity contribution in [2.45, 2.75) is 19.5 Å². The number of thiocarbonyl (C=S) groups is 1. The molecular formula is C23H24Cl2N4O3S. The summed E-state index contributed by atoms with van der Waals surface area (Å²) in [6.07, 6.45) is -0.840. The molecule has 3 rings (SSSR count). The van der Waals surface area contributed by atoms with Crippen molar-refractivity contribution in [1.29, 1.82) is 0 Å². The van der Waals surface area contributed by atoms with Crippen LogP contribution in [0.15, 0.2) is 47.5 Å². The normalized spacial score (nSPS) is 15.3. The Labute approximate surface area is 208 Å². The molecule has 0 radical (unpaired) electrons. The van der Waals surface area contributed by atoms with Gasteiger partial charge in [-0.3, -0.25) is 9.59 Å². The van der Waals surface area contributed by atoms with E-state index in [9.17, 15) is 9.59 Å². The maximum Gasteiger partial charge on any atom is 0.307 e. The minimum absolute atomic E-state index is 0.169. The number of esters is 1. The number of benzene rings is 2. The van der Waals surface area contributed by atoms with Gasteiger partial charge < -0.3 is 19.9 Å². The molecule has 174 valence electrons. The fourth-order valence-electron chi connectivity index (χ4n) is 3.33. The molecule has 0 saturated carbocycles. The fourth-order valence-corrected chi connectivity index (χ4v) is 3.93. The molecule has 7 nitrogen and oxygen atoms in total. The van der Waals surface area contributed by atoms with Gasteiger partial charge in [0.2, 0.25) is 6.17 Å². The molecule has 1 aliphatic heterocycles. The van der Waals surface area contributed by atoms with Gasteiger partial charge in [-0.1, -0.05) is 41.4 Å². The second-order valence-corrected chi connectivity index (χ2v) is 8.58. The van der Waals surface area contributed by atoms with E-state index < -0.39 is 6.17 Å². The Morgan fingerprint density at radius 1 is 1.24 bits per heavy atom. The van der Waals surface area contributed by atoms with Crippen molar-refractivity contribution in [2.24, 2.45) is 4.99 Å². The first kappa shape index (κ1) is 25.0. The SMILES string of the molecule is CCOC(=O)CCN(C)C(=S)NC1N=C(c2ccccc2Cl)c2cc(Cl)ccc2N(C)C1=O. The van der Waals surface area contributed by atoms with Gasteiger partial charge in [0.25, 0.3) is 5.91 Å². The number of likely N-dealkylation sites (N-methyl/N-ethyl adjacent to an activating group) is 1. The number of nitrogens with zero attached hydrogens (tertiary/aromatic N) is 3. The first-order chi connectivity index (χ1) is 15.7. The molecule has 1 aliphatic rings. The highest BCUT2D eigenvalue weighted by Crippen LogP contribution is 2.31. The second kappa shape index (κ2) is 11.0. The van der Waals surface area contributed by atoms with Crippen LogP contribution in [-0.4, -0.2) is 61.0 Å². The van der Waals surface area contributed by atoms with Gasteiger partial charge in [0, 0.05) is 41.8 Å². The van der Waals surface area contributed by atoms with E-state index in [1.807, 2.05) is 18.2 Å². The number of ether oxygens (including phenoxy) is 1. The fraction of sp³-hybridized carbons (Fsp3) is 0.304. The van der Waals surface area contributed by atoms with Crippen molar-refractivity contribution < 1.29 is 14.3 Å². The van der Waals surface area contributed by atoms with E-state index >= 15 is 0 Å². The molecule has 0 bridgehead atoms. The molecule has 2 aromatic rings. The number of hydrogen-bond acceptors (Lipinski definition) is 5. The Morgan fingerprint density at radius 3 is 2.67 bits per heavy atom. The highest BCUT2D eigenvalue weighted by Gasteiger charge is 2.31. The van der Waals surface area contributed by atoms with Crippen molar-refractivity contribution in [3.05, 3.63) is 63.6 Å². The highest BCUT2D eigenvalue weighted by molar-refractivity contribution is 7.80. The molecule has 0 saturated heterocycles. The summed E-state index contributed by atoms with van der Waals surface area (Å²) in [5.74, 6) is -0.620. The van der Waals surface area contributed by atoms with Crippen molar-refractivity contribution in [3.8, 4) is 0 Å². The predicted octanol–water partition coefficient (Wildman–Crippen LogP) is 3.89. The van der Waals surface area contributed by atoms with E-state index in [-0.39, 0.29) is 23.4 Å². The summed E-state index contributed by atoms with van der Waals surface area (Å²) in [6.45, 7) is 2.40. The molecule has 33 heavy (non-hydrogen) atoms. The summed E-state index contributed by atoms with van der Waals surface area (Å²) >= 11 is 18.2. The maximum atomic E-state index is 13.3. The van der Waals surface area contributed by atoms with Gasteiger partial charge in [0.05, 0.1) is 24.4 Å². The van der Waals surface area contributed by atoms with Crippen LogP contribution in [0.1, 0.15) is 24.5 Å². The number of rotatable bonds is 6. The van der Waals surface area contributed by atoms with Gasteiger partial charge in [0.15, 0.2) is 5.11 Å². The number of anilines is 1. The van der Waals surface area contributed by atoms with Gasteiger partial charge in [-0.25, -0.2) is 4.99 Å². The van der Waals surface area contributed by atoms with Crippen molar-refractivity contribution in [1.82, 2.24) is 10.2 Å². The van der Waals surface area contributed by atoms with Crippen LogP contribution in [0.3, 0.4) is 0 Å². The first-order valence-corrected chi connectivity index (χ1v) is 11.5. The average Bonchev–Trinajstić information content (AvgIpc) is 2.88. The molecule has 1 heterocycles. The minimum Gasteiger partial charge on any atom is -0.466 e. The Balaban J connectivity index is 1.95. The molecule has 0 aromatic heterocycles. The van der Waals surface area contributed by atoms with Gasteiger partial charge >= 0.3 is 5.97 Å². The van der Waals surface area contributed by atoms with Crippen LogP contribution >= 0.6 is 35.4 Å². The number of aliphatic imine (C=N–C) groups is 1. The molecule has 2 aromatic carbocycles. The lowest BCUT2D eigenvalue weighted by Gasteiger charge is -2.25. The van der Waals surface area contributed by atoms with Crippen molar-refractivity contribution in [2.75, 3.05) is 32.1 Å². The Morgan fingerprint density at radius 2 is 1.97 bits per heavy atom. The summed E-state index contributed by atoms with van der Waals surface area (Å²) in [5.41, 5.74) is 2.51. The Bertz CT molecular complexity index is 1110.